The predicted octanol–water partition coefficient (Wildman–Crippen LogP) is 2.46. The van der Waals surface area contributed by atoms with Gasteiger partial charge in [0.05, 0.1) is 0 Å². The lowest BCUT2D eigenvalue weighted by Gasteiger charge is -2.25. The zero-order valence-corrected chi connectivity index (χ0v) is 11.2. The number of hydrogen-bond donors (Lipinski definition) is 0. The van der Waals surface area contributed by atoms with E-state index >= 15 is 0 Å². The number of amides is 1. The van der Waals surface area contributed by atoms with Crippen molar-refractivity contribution < 1.29 is 13.6 Å². The third-order valence-electron chi connectivity index (χ3n) is 4.64. The minimum Gasteiger partial charge on any atom is -0.342 e. The lowest BCUT2D eigenvalue weighted by Crippen LogP contribution is -2.37. The molecule has 1 aliphatic carbocycles. The number of fused-ring (bicyclic) bond motifs is 1. The van der Waals surface area contributed by atoms with Gasteiger partial charge >= 0.3 is 0 Å². The van der Waals surface area contributed by atoms with Gasteiger partial charge in [-0.15, -0.1) is 12.3 Å². The van der Waals surface area contributed by atoms with Gasteiger partial charge in [-0.3, -0.25) is 4.79 Å². The van der Waals surface area contributed by atoms with Crippen molar-refractivity contribution in [2.24, 2.45) is 22.1 Å². The van der Waals surface area contributed by atoms with E-state index in [4.69, 9.17) is 6.42 Å². The molecule has 3 aliphatic rings. The van der Waals surface area contributed by atoms with Gasteiger partial charge in [0.1, 0.15) is 0 Å². The third kappa shape index (κ3) is 2.30. The number of carbonyl (C=O) groups is 1. The van der Waals surface area contributed by atoms with Crippen molar-refractivity contribution in [1.82, 2.24) is 4.90 Å². The summed E-state index contributed by atoms with van der Waals surface area (Å²) in [6.07, 6.45) is 7.71. The molecule has 3 rings (SSSR count). The van der Waals surface area contributed by atoms with Gasteiger partial charge in [0, 0.05) is 50.6 Å². The largest absolute Gasteiger partial charge is 0.342 e. The van der Waals surface area contributed by atoms with Crippen molar-refractivity contribution in [2.45, 2.75) is 43.7 Å². The molecule has 1 amide bonds. The zero-order valence-electron chi connectivity index (χ0n) is 11.2. The summed E-state index contributed by atoms with van der Waals surface area (Å²) in [5.41, 5.74) is -0.468. The lowest BCUT2D eigenvalue weighted by atomic mass is 10.0. The highest BCUT2D eigenvalue weighted by Crippen LogP contribution is 2.59. The Morgan fingerprint density at radius 1 is 1.35 bits per heavy atom. The normalized spacial score (nSPS) is 31.4. The number of halogens is 2. The van der Waals surface area contributed by atoms with Crippen LogP contribution in [0.1, 0.15) is 32.1 Å². The molecular weight excluding hydrogens is 264 g/mol. The summed E-state index contributed by atoms with van der Waals surface area (Å²) in [4.78, 5) is 13.6. The van der Waals surface area contributed by atoms with E-state index in [1.54, 1.807) is 4.90 Å². The van der Waals surface area contributed by atoms with Crippen LogP contribution in [0.25, 0.3) is 0 Å². The molecule has 4 nitrogen and oxygen atoms in total. The molecular formula is C14H17F2N3O. The summed E-state index contributed by atoms with van der Waals surface area (Å²) in [6.45, 7) is 0.642. The molecule has 1 saturated carbocycles. The molecule has 2 unspecified atom stereocenters. The van der Waals surface area contributed by atoms with E-state index in [-0.39, 0.29) is 12.5 Å². The Morgan fingerprint density at radius 2 is 2.10 bits per heavy atom. The molecule has 0 radical (unpaired) electrons. The molecule has 0 aromatic carbocycles. The first-order chi connectivity index (χ1) is 9.48. The standard InChI is InChI=1S/C14H17F2N3O/c1-2-3-6-13(17-18-13)7-4-12(20)19-8-5-10-11(9-19)14(10,15)16/h1,10-11H,3-9H2. The van der Waals surface area contributed by atoms with E-state index in [1.165, 1.54) is 0 Å². The monoisotopic (exact) mass is 281 g/mol. The van der Waals surface area contributed by atoms with E-state index in [2.05, 4.69) is 16.1 Å². The lowest BCUT2D eigenvalue weighted by molar-refractivity contribution is -0.132. The van der Waals surface area contributed by atoms with Gasteiger partial charge in [-0.2, -0.15) is 10.2 Å². The molecule has 2 fully saturated rings. The van der Waals surface area contributed by atoms with Crippen LogP contribution in [-0.4, -0.2) is 35.5 Å². The van der Waals surface area contributed by atoms with Crippen LogP contribution in [0.4, 0.5) is 8.78 Å². The van der Waals surface area contributed by atoms with Crippen LogP contribution in [0.15, 0.2) is 10.2 Å². The SMILES string of the molecule is C#CCCC1(CCC(=O)N2CCC3C(C2)C3(F)F)N=N1. The average Bonchev–Trinajstić information content (AvgIpc) is 3.32. The highest BCUT2D eigenvalue weighted by Gasteiger charge is 2.69. The summed E-state index contributed by atoms with van der Waals surface area (Å²) in [5, 5.41) is 7.95. The van der Waals surface area contributed by atoms with Gasteiger partial charge < -0.3 is 4.90 Å². The first kappa shape index (κ1) is 13.5. The van der Waals surface area contributed by atoms with Gasteiger partial charge in [-0.1, -0.05) is 0 Å². The highest BCUT2D eigenvalue weighted by molar-refractivity contribution is 5.76. The van der Waals surface area contributed by atoms with E-state index in [1.807, 2.05) is 0 Å². The van der Waals surface area contributed by atoms with Crippen LogP contribution in [0.5, 0.6) is 0 Å². The third-order valence-corrected chi connectivity index (χ3v) is 4.64. The molecule has 0 bridgehead atoms. The summed E-state index contributed by atoms with van der Waals surface area (Å²) in [5.74, 6) is -1.20. The van der Waals surface area contributed by atoms with Gasteiger partial charge in [0.15, 0.2) is 5.66 Å². The van der Waals surface area contributed by atoms with Gasteiger partial charge in [-0.05, 0) is 6.42 Å². The Balaban J connectivity index is 1.45. The minimum absolute atomic E-state index is 0.0662. The van der Waals surface area contributed by atoms with Crippen molar-refractivity contribution in [3.63, 3.8) is 0 Å². The number of nitrogens with zero attached hydrogens (tertiary/aromatic N) is 3. The van der Waals surface area contributed by atoms with Crippen LogP contribution in [-0.2, 0) is 4.79 Å². The number of carbonyl (C=O) groups excluding carboxylic acids is 1. The summed E-state index contributed by atoms with van der Waals surface area (Å²) in [7, 11) is 0. The smallest absolute Gasteiger partial charge is 0.256 e. The second kappa shape index (κ2) is 4.51. The fourth-order valence-corrected chi connectivity index (χ4v) is 3.09. The predicted molar refractivity (Wildman–Crippen MR) is 68.0 cm³/mol. The first-order valence-corrected chi connectivity index (χ1v) is 7.02. The Labute approximate surface area is 116 Å². The molecule has 0 aromatic heterocycles. The number of alkyl halides is 2. The summed E-state index contributed by atoms with van der Waals surface area (Å²) < 4.78 is 26.6. The van der Waals surface area contributed by atoms with Crippen LogP contribution in [0, 0.1) is 24.2 Å². The maximum Gasteiger partial charge on any atom is 0.256 e. The van der Waals surface area contributed by atoms with E-state index in [0.717, 1.165) is 0 Å². The molecule has 6 heteroatoms. The maximum atomic E-state index is 13.3. The Hall–Kier alpha value is -1.51. The molecule has 0 aromatic rings. The van der Waals surface area contributed by atoms with Crippen molar-refractivity contribution >= 4 is 5.91 Å². The van der Waals surface area contributed by atoms with Gasteiger partial charge in [-0.25, -0.2) is 8.78 Å². The van der Waals surface area contributed by atoms with Crippen molar-refractivity contribution in [1.29, 1.82) is 0 Å². The quantitative estimate of drug-likeness (QED) is 0.714. The average molecular weight is 281 g/mol. The van der Waals surface area contributed by atoms with E-state index < -0.39 is 23.4 Å². The van der Waals surface area contributed by atoms with Gasteiger partial charge in [0.2, 0.25) is 5.91 Å². The number of piperidine rings is 1. The van der Waals surface area contributed by atoms with E-state index in [0.29, 0.717) is 38.6 Å². The van der Waals surface area contributed by atoms with Crippen molar-refractivity contribution in [3.8, 4) is 12.3 Å². The Kier molecular flexibility index (Phi) is 3.03. The van der Waals surface area contributed by atoms with Gasteiger partial charge in [0.25, 0.3) is 5.92 Å². The van der Waals surface area contributed by atoms with Crippen LogP contribution >= 0.6 is 0 Å². The molecule has 2 atom stereocenters. The summed E-state index contributed by atoms with van der Waals surface area (Å²) >= 11 is 0. The molecule has 20 heavy (non-hydrogen) atoms. The fraction of sp³-hybridized carbons (Fsp3) is 0.786. The Morgan fingerprint density at radius 3 is 2.70 bits per heavy atom. The van der Waals surface area contributed by atoms with E-state index in [9.17, 15) is 13.6 Å². The molecule has 2 heterocycles. The minimum atomic E-state index is -2.55. The molecule has 0 spiro atoms. The molecule has 0 N–H and O–H groups in total. The number of rotatable bonds is 5. The maximum absolute atomic E-state index is 13.3. The van der Waals surface area contributed by atoms with Crippen LogP contribution in [0.3, 0.4) is 0 Å². The highest BCUT2D eigenvalue weighted by atomic mass is 19.3. The zero-order chi connectivity index (χ0) is 14.4. The Bertz CT molecular complexity index is 491. The fourth-order valence-electron chi connectivity index (χ4n) is 3.09. The number of likely N-dealkylation sites (tertiary alicyclic amines) is 1. The molecule has 1 saturated heterocycles. The number of hydrogen-bond acceptors (Lipinski definition) is 3. The van der Waals surface area contributed by atoms with Crippen LogP contribution in [0.2, 0.25) is 0 Å². The molecule has 2 aliphatic heterocycles. The van der Waals surface area contributed by atoms with Crippen molar-refractivity contribution in [3.05, 3.63) is 0 Å². The number of terminal acetylenes is 1. The van der Waals surface area contributed by atoms with Crippen LogP contribution < -0.4 is 0 Å². The molecule has 108 valence electrons. The second-order valence-electron chi connectivity index (χ2n) is 5.90. The topological polar surface area (TPSA) is 45.0 Å². The first-order valence-electron chi connectivity index (χ1n) is 7.02. The second-order valence-corrected chi connectivity index (χ2v) is 5.90. The van der Waals surface area contributed by atoms with Crippen molar-refractivity contribution in [2.75, 3.05) is 13.1 Å². The summed E-state index contributed by atoms with van der Waals surface area (Å²) in [6, 6.07) is 0.